The van der Waals surface area contributed by atoms with Crippen molar-refractivity contribution in [3.63, 3.8) is 0 Å². The average molecular weight is 322 g/mol. The lowest BCUT2D eigenvalue weighted by molar-refractivity contribution is 0.0973. The third-order valence-corrected chi connectivity index (χ3v) is 4.21. The van der Waals surface area contributed by atoms with Gasteiger partial charge in [-0.3, -0.25) is 9.59 Å². The van der Waals surface area contributed by atoms with Gasteiger partial charge in [-0.05, 0) is 36.8 Å². The monoisotopic (exact) mass is 322 g/mol. The lowest BCUT2D eigenvalue weighted by atomic mass is 9.99. The molecule has 0 fully saturated rings. The summed E-state index contributed by atoms with van der Waals surface area (Å²) in [6.07, 6.45) is 4.87. The number of aryl methyl sites for hydroxylation is 2. The second-order valence-corrected chi connectivity index (χ2v) is 6.24. The van der Waals surface area contributed by atoms with Crippen molar-refractivity contribution in [1.29, 1.82) is 0 Å². The number of Topliss-reactive ketones (excluding diaryl/α,β-unsaturated/α-hetero) is 2. The van der Waals surface area contributed by atoms with Crippen LogP contribution < -0.4 is 0 Å². The lowest BCUT2D eigenvalue weighted by Gasteiger charge is -2.05. The molecule has 0 aliphatic rings. The van der Waals surface area contributed by atoms with E-state index in [9.17, 15) is 9.59 Å². The highest BCUT2D eigenvalue weighted by Crippen LogP contribution is 2.13. The second-order valence-electron chi connectivity index (χ2n) is 6.24. The Bertz CT molecular complexity index is 605. The Kier molecular flexibility index (Phi) is 6.92. The fourth-order valence-electron chi connectivity index (χ4n) is 2.75. The molecule has 0 amide bonds. The van der Waals surface area contributed by atoms with Crippen molar-refractivity contribution in [2.75, 3.05) is 0 Å². The molecule has 2 nitrogen and oxygen atoms in total. The molecule has 0 bridgehead atoms. The zero-order chi connectivity index (χ0) is 17.4. The van der Waals surface area contributed by atoms with Crippen molar-refractivity contribution in [2.45, 2.75) is 52.4 Å². The van der Waals surface area contributed by atoms with Gasteiger partial charge in [0.25, 0.3) is 0 Å². The number of rotatable bonds is 9. The smallest absolute Gasteiger partial charge is 0.162 e. The van der Waals surface area contributed by atoms with Gasteiger partial charge in [-0.1, -0.05) is 62.4 Å². The molecular weight excluding hydrogens is 296 g/mol. The molecule has 2 rings (SSSR count). The van der Waals surface area contributed by atoms with Crippen LogP contribution in [-0.2, 0) is 12.8 Å². The van der Waals surface area contributed by atoms with Crippen LogP contribution in [0, 0.1) is 0 Å². The largest absolute Gasteiger partial charge is 0.294 e. The van der Waals surface area contributed by atoms with Crippen LogP contribution in [0.25, 0.3) is 0 Å². The van der Waals surface area contributed by atoms with Crippen LogP contribution in [0.1, 0.15) is 71.4 Å². The van der Waals surface area contributed by atoms with Gasteiger partial charge in [-0.25, -0.2) is 0 Å². The van der Waals surface area contributed by atoms with Gasteiger partial charge in [0.05, 0.1) is 0 Å². The molecular formula is C22H26O2. The third kappa shape index (κ3) is 5.16. The fourth-order valence-corrected chi connectivity index (χ4v) is 2.75. The summed E-state index contributed by atoms with van der Waals surface area (Å²) in [5, 5.41) is 0. The Balaban J connectivity index is 1.91. The molecule has 0 unspecified atom stereocenters. The zero-order valence-electron chi connectivity index (χ0n) is 14.7. The molecule has 0 aromatic heterocycles. The maximum atomic E-state index is 11.8. The van der Waals surface area contributed by atoms with Crippen LogP contribution >= 0.6 is 0 Å². The first-order chi connectivity index (χ1) is 11.6. The number of benzene rings is 2. The van der Waals surface area contributed by atoms with E-state index in [4.69, 9.17) is 0 Å². The summed E-state index contributed by atoms with van der Waals surface area (Å²) < 4.78 is 0. The van der Waals surface area contributed by atoms with E-state index in [0.717, 1.165) is 36.8 Å². The van der Waals surface area contributed by atoms with Gasteiger partial charge in [-0.2, -0.15) is 0 Å². The van der Waals surface area contributed by atoms with Gasteiger partial charge >= 0.3 is 0 Å². The number of carbonyl (C=O) groups is 2. The van der Waals surface area contributed by atoms with Crippen molar-refractivity contribution in [3.05, 3.63) is 70.8 Å². The Morgan fingerprint density at radius 2 is 0.958 bits per heavy atom. The number of ketones is 2. The van der Waals surface area contributed by atoms with Gasteiger partial charge in [0.1, 0.15) is 0 Å². The van der Waals surface area contributed by atoms with E-state index in [0.29, 0.717) is 12.8 Å². The molecule has 0 saturated carbocycles. The summed E-state index contributed by atoms with van der Waals surface area (Å²) >= 11 is 0. The molecule has 0 heterocycles. The summed E-state index contributed by atoms with van der Waals surface area (Å²) in [4.78, 5) is 23.7. The minimum Gasteiger partial charge on any atom is -0.294 e. The molecule has 2 aromatic carbocycles. The summed E-state index contributed by atoms with van der Waals surface area (Å²) in [5.41, 5.74) is 4.07. The Morgan fingerprint density at radius 3 is 1.25 bits per heavy atom. The van der Waals surface area contributed by atoms with Crippen molar-refractivity contribution < 1.29 is 9.59 Å². The Labute approximate surface area is 144 Å². The molecule has 2 aromatic rings. The predicted octanol–water partition coefficient (Wildman–Crippen LogP) is 5.44. The van der Waals surface area contributed by atoms with Gasteiger partial charge < -0.3 is 0 Å². The van der Waals surface area contributed by atoms with Crippen molar-refractivity contribution in [3.8, 4) is 0 Å². The Morgan fingerprint density at radius 1 is 0.625 bits per heavy atom. The number of hydrogen-bond donors (Lipinski definition) is 0. The summed E-state index contributed by atoms with van der Waals surface area (Å²) in [5.74, 6) is 0.438. The highest BCUT2D eigenvalue weighted by molar-refractivity contribution is 5.96. The van der Waals surface area contributed by atoms with Crippen LogP contribution in [0.15, 0.2) is 48.5 Å². The standard InChI is InChI=1S/C22H26O2/c1-3-5-21(23)19-13-9-17(10-14-19)7-8-18-11-15-20(16-12-18)22(24)6-4-2/h9-16H,3-8H2,1-2H3. The summed E-state index contributed by atoms with van der Waals surface area (Å²) in [7, 11) is 0. The summed E-state index contributed by atoms with van der Waals surface area (Å²) in [6, 6.07) is 15.9. The van der Waals surface area contributed by atoms with Crippen molar-refractivity contribution in [1.82, 2.24) is 0 Å². The first-order valence-electron chi connectivity index (χ1n) is 8.88. The molecule has 0 N–H and O–H groups in total. The van der Waals surface area contributed by atoms with E-state index in [1.807, 2.05) is 62.4 Å². The van der Waals surface area contributed by atoms with Crippen LogP contribution in [0.2, 0.25) is 0 Å². The van der Waals surface area contributed by atoms with E-state index in [-0.39, 0.29) is 11.6 Å². The van der Waals surface area contributed by atoms with E-state index >= 15 is 0 Å². The molecule has 126 valence electrons. The van der Waals surface area contributed by atoms with E-state index in [1.165, 1.54) is 11.1 Å². The first kappa shape index (κ1) is 18.1. The molecule has 0 aliphatic carbocycles. The van der Waals surface area contributed by atoms with E-state index < -0.39 is 0 Å². The number of carbonyl (C=O) groups excluding carboxylic acids is 2. The minimum atomic E-state index is 0.219. The highest BCUT2D eigenvalue weighted by atomic mass is 16.1. The third-order valence-electron chi connectivity index (χ3n) is 4.21. The SMILES string of the molecule is CCCC(=O)c1ccc(CCc2ccc(C(=O)CCC)cc2)cc1. The molecule has 0 radical (unpaired) electrons. The summed E-state index contributed by atoms with van der Waals surface area (Å²) in [6.45, 7) is 4.04. The van der Waals surface area contributed by atoms with Gasteiger partial charge in [0, 0.05) is 24.0 Å². The second kappa shape index (κ2) is 9.17. The van der Waals surface area contributed by atoms with Crippen LogP contribution in [0.4, 0.5) is 0 Å². The van der Waals surface area contributed by atoms with Crippen LogP contribution in [0.5, 0.6) is 0 Å². The lowest BCUT2D eigenvalue weighted by Crippen LogP contribution is -2.00. The maximum absolute atomic E-state index is 11.8. The predicted molar refractivity (Wildman–Crippen MR) is 98.8 cm³/mol. The minimum absolute atomic E-state index is 0.219. The van der Waals surface area contributed by atoms with E-state index in [1.54, 1.807) is 0 Å². The van der Waals surface area contributed by atoms with E-state index in [2.05, 4.69) is 0 Å². The van der Waals surface area contributed by atoms with Crippen molar-refractivity contribution in [2.24, 2.45) is 0 Å². The topological polar surface area (TPSA) is 34.1 Å². The Hall–Kier alpha value is -2.22. The number of hydrogen-bond acceptors (Lipinski definition) is 2. The molecule has 0 saturated heterocycles. The molecule has 24 heavy (non-hydrogen) atoms. The average Bonchev–Trinajstić information content (AvgIpc) is 2.61. The van der Waals surface area contributed by atoms with Gasteiger partial charge in [-0.15, -0.1) is 0 Å². The van der Waals surface area contributed by atoms with Gasteiger partial charge in [0.15, 0.2) is 11.6 Å². The van der Waals surface area contributed by atoms with Crippen molar-refractivity contribution >= 4 is 11.6 Å². The maximum Gasteiger partial charge on any atom is 0.162 e. The molecule has 0 spiro atoms. The quantitative estimate of drug-likeness (QED) is 0.576. The van der Waals surface area contributed by atoms with Crippen LogP contribution in [0.3, 0.4) is 0 Å². The normalized spacial score (nSPS) is 10.6. The van der Waals surface area contributed by atoms with Crippen LogP contribution in [-0.4, -0.2) is 11.6 Å². The molecule has 0 aliphatic heterocycles. The fraction of sp³-hybridized carbons (Fsp3) is 0.364. The highest BCUT2D eigenvalue weighted by Gasteiger charge is 2.06. The molecule has 2 heteroatoms. The first-order valence-corrected chi connectivity index (χ1v) is 8.88. The molecule has 0 atom stereocenters. The van der Waals surface area contributed by atoms with Gasteiger partial charge in [0.2, 0.25) is 0 Å². The zero-order valence-corrected chi connectivity index (χ0v) is 14.7.